The van der Waals surface area contributed by atoms with Gasteiger partial charge in [-0.25, -0.2) is 0 Å². The van der Waals surface area contributed by atoms with Crippen LogP contribution in [0.1, 0.15) is 11.6 Å². The fraction of sp³-hybridized carbons (Fsp3) is 0.200. The van der Waals surface area contributed by atoms with Crippen LogP contribution in [-0.2, 0) is 0 Å². The topological polar surface area (TPSA) is 55.5 Å². The molecule has 0 aromatic heterocycles. The van der Waals surface area contributed by atoms with E-state index in [1.54, 1.807) is 18.2 Å². The maximum Gasteiger partial charge on any atom is 0.127 e. The lowest BCUT2D eigenvalue weighted by molar-refractivity contribution is 0.401. The van der Waals surface area contributed by atoms with E-state index < -0.39 is 0 Å². The third-order valence-electron chi connectivity index (χ3n) is 1.83. The Labute approximate surface area is 77.4 Å². The molecule has 3 heteroatoms. The Morgan fingerprint density at radius 2 is 2.31 bits per heavy atom. The van der Waals surface area contributed by atoms with Gasteiger partial charge in [-0.05, 0) is 12.1 Å². The van der Waals surface area contributed by atoms with Crippen LogP contribution < -0.4 is 10.5 Å². The number of nitrogens with two attached hydrogens (primary N) is 1. The van der Waals surface area contributed by atoms with Crippen molar-refractivity contribution in [3.63, 3.8) is 0 Å². The van der Waals surface area contributed by atoms with Crippen molar-refractivity contribution in [1.29, 1.82) is 0 Å². The number of aromatic hydroxyl groups is 1. The maximum atomic E-state index is 9.18. The van der Waals surface area contributed by atoms with Gasteiger partial charge in [-0.2, -0.15) is 0 Å². The van der Waals surface area contributed by atoms with Crippen molar-refractivity contribution in [2.24, 2.45) is 5.73 Å². The molecule has 0 radical (unpaired) electrons. The minimum absolute atomic E-state index is 0.164. The van der Waals surface area contributed by atoms with Crippen LogP contribution in [0.25, 0.3) is 0 Å². The average molecular weight is 179 g/mol. The summed E-state index contributed by atoms with van der Waals surface area (Å²) in [4.78, 5) is 0. The molecule has 1 rings (SSSR count). The van der Waals surface area contributed by atoms with Crippen LogP contribution in [0.3, 0.4) is 0 Å². The van der Waals surface area contributed by atoms with Gasteiger partial charge in [0.25, 0.3) is 0 Å². The van der Waals surface area contributed by atoms with E-state index in [2.05, 4.69) is 6.58 Å². The largest absolute Gasteiger partial charge is 0.508 e. The number of benzene rings is 1. The molecule has 0 saturated carbocycles. The molecule has 0 spiro atoms. The van der Waals surface area contributed by atoms with E-state index in [0.29, 0.717) is 5.75 Å². The van der Waals surface area contributed by atoms with E-state index in [0.717, 1.165) is 5.56 Å². The van der Waals surface area contributed by atoms with E-state index in [-0.39, 0.29) is 11.8 Å². The summed E-state index contributed by atoms with van der Waals surface area (Å²) in [7, 11) is 1.54. The number of ether oxygens (including phenoxy) is 1. The highest BCUT2D eigenvalue weighted by Gasteiger charge is 2.08. The first-order valence-electron chi connectivity index (χ1n) is 3.94. The SMILES string of the molecule is C=C[C@@H](N)c1ccc(O)cc1OC. The molecule has 3 nitrogen and oxygen atoms in total. The van der Waals surface area contributed by atoms with Crippen LogP contribution in [0.5, 0.6) is 11.5 Å². The van der Waals surface area contributed by atoms with Crippen molar-refractivity contribution in [3.8, 4) is 11.5 Å². The predicted molar refractivity (Wildman–Crippen MR) is 51.8 cm³/mol. The second-order valence-electron chi connectivity index (χ2n) is 2.69. The molecule has 1 aromatic rings. The second-order valence-corrected chi connectivity index (χ2v) is 2.69. The molecular weight excluding hydrogens is 166 g/mol. The third kappa shape index (κ3) is 2.00. The summed E-state index contributed by atoms with van der Waals surface area (Å²) < 4.78 is 5.06. The van der Waals surface area contributed by atoms with Crippen LogP contribution in [-0.4, -0.2) is 12.2 Å². The molecule has 1 atom stereocenters. The van der Waals surface area contributed by atoms with Crippen molar-refractivity contribution < 1.29 is 9.84 Å². The van der Waals surface area contributed by atoms with Gasteiger partial charge in [0.05, 0.1) is 13.2 Å². The number of methoxy groups -OCH3 is 1. The molecule has 0 amide bonds. The predicted octanol–water partition coefficient (Wildman–Crippen LogP) is 1.59. The molecule has 0 fully saturated rings. The number of hydrogen-bond acceptors (Lipinski definition) is 3. The van der Waals surface area contributed by atoms with Crippen molar-refractivity contribution in [3.05, 3.63) is 36.4 Å². The zero-order valence-corrected chi connectivity index (χ0v) is 7.53. The van der Waals surface area contributed by atoms with Gasteiger partial charge >= 0.3 is 0 Å². The van der Waals surface area contributed by atoms with Crippen LogP contribution in [0.15, 0.2) is 30.9 Å². The molecule has 0 unspecified atom stereocenters. The van der Waals surface area contributed by atoms with Crippen molar-refractivity contribution >= 4 is 0 Å². The third-order valence-corrected chi connectivity index (χ3v) is 1.83. The molecule has 70 valence electrons. The Bertz CT molecular complexity index is 310. The lowest BCUT2D eigenvalue weighted by Crippen LogP contribution is -2.07. The summed E-state index contributed by atoms with van der Waals surface area (Å²) in [6.45, 7) is 3.59. The summed E-state index contributed by atoms with van der Waals surface area (Å²) in [5.41, 5.74) is 6.56. The highest BCUT2D eigenvalue weighted by molar-refractivity contribution is 5.42. The molecule has 0 aliphatic heterocycles. The van der Waals surface area contributed by atoms with Crippen LogP contribution >= 0.6 is 0 Å². The van der Waals surface area contributed by atoms with Gasteiger partial charge in [-0.15, -0.1) is 6.58 Å². The molecule has 0 aliphatic rings. The van der Waals surface area contributed by atoms with Gasteiger partial charge < -0.3 is 15.6 Å². The summed E-state index contributed by atoms with van der Waals surface area (Å²) >= 11 is 0. The second kappa shape index (κ2) is 3.96. The van der Waals surface area contributed by atoms with Crippen LogP contribution in [0.2, 0.25) is 0 Å². The van der Waals surface area contributed by atoms with Gasteiger partial charge in [0.15, 0.2) is 0 Å². The number of rotatable bonds is 3. The molecule has 3 N–H and O–H groups in total. The Kier molecular flexibility index (Phi) is 2.93. The quantitative estimate of drug-likeness (QED) is 0.693. The Balaban J connectivity index is 3.12. The van der Waals surface area contributed by atoms with E-state index in [9.17, 15) is 5.11 Å². The Morgan fingerprint density at radius 1 is 1.62 bits per heavy atom. The van der Waals surface area contributed by atoms with Gasteiger partial charge in [-0.3, -0.25) is 0 Å². The van der Waals surface area contributed by atoms with Gasteiger partial charge in [0.2, 0.25) is 0 Å². The highest BCUT2D eigenvalue weighted by atomic mass is 16.5. The minimum atomic E-state index is -0.268. The smallest absolute Gasteiger partial charge is 0.127 e. The lowest BCUT2D eigenvalue weighted by atomic mass is 10.1. The van der Waals surface area contributed by atoms with Crippen molar-refractivity contribution in [2.45, 2.75) is 6.04 Å². The Morgan fingerprint density at radius 3 is 2.85 bits per heavy atom. The molecule has 0 bridgehead atoms. The lowest BCUT2D eigenvalue weighted by Gasteiger charge is -2.11. The first-order chi connectivity index (χ1) is 6.19. The van der Waals surface area contributed by atoms with Gasteiger partial charge in [0.1, 0.15) is 11.5 Å². The fourth-order valence-electron chi connectivity index (χ4n) is 1.10. The van der Waals surface area contributed by atoms with Crippen molar-refractivity contribution in [1.82, 2.24) is 0 Å². The van der Waals surface area contributed by atoms with Crippen LogP contribution in [0, 0.1) is 0 Å². The zero-order chi connectivity index (χ0) is 9.84. The Hall–Kier alpha value is -1.48. The van der Waals surface area contributed by atoms with Crippen LogP contribution in [0.4, 0.5) is 0 Å². The first kappa shape index (κ1) is 9.61. The molecule has 0 aliphatic carbocycles. The normalized spacial score (nSPS) is 12.2. The first-order valence-corrected chi connectivity index (χ1v) is 3.94. The molecule has 0 saturated heterocycles. The number of phenolic OH excluding ortho intramolecular Hbond substituents is 1. The summed E-state index contributed by atoms with van der Waals surface area (Å²) in [5, 5.41) is 9.18. The van der Waals surface area contributed by atoms with E-state index >= 15 is 0 Å². The minimum Gasteiger partial charge on any atom is -0.508 e. The fourth-order valence-corrected chi connectivity index (χ4v) is 1.10. The molecule has 1 aromatic carbocycles. The molecule has 0 heterocycles. The maximum absolute atomic E-state index is 9.18. The standard InChI is InChI=1S/C10H13NO2/c1-3-9(11)8-5-4-7(12)6-10(8)13-2/h3-6,9,12H,1,11H2,2H3/t9-/m1/s1. The number of phenols is 1. The van der Waals surface area contributed by atoms with Gasteiger partial charge in [0, 0.05) is 11.6 Å². The zero-order valence-electron chi connectivity index (χ0n) is 7.53. The summed E-state index contributed by atoms with van der Waals surface area (Å²) in [5.74, 6) is 0.740. The monoisotopic (exact) mass is 179 g/mol. The van der Waals surface area contributed by atoms with Gasteiger partial charge in [-0.1, -0.05) is 6.08 Å². The van der Waals surface area contributed by atoms with E-state index in [4.69, 9.17) is 10.5 Å². The molecular formula is C10H13NO2. The van der Waals surface area contributed by atoms with Crippen molar-refractivity contribution in [2.75, 3.05) is 7.11 Å². The average Bonchev–Trinajstić information content (AvgIpc) is 2.16. The summed E-state index contributed by atoms with van der Waals surface area (Å²) in [6, 6.07) is 4.55. The molecule has 13 heavy (non-hydrogen) atoms. The highest BCUT2D eigenvalue weighted by Crippen LogP contribution is 2.27. The van der Waals surface area contributed by atoms with E-state index in [1.807, 2.05) is 0 Å². The summed E-state index contributed by atoms with van der Waals surface area (Å²) in [6.07, 6.45) is 1.62. The number of hydrogen-bond donors (Lipinski definition) is 2. The van der Waals surface area contributed by atoms with E-state index in [1.165, 1.54) is 13.2 Å².